The van der Waals surface area contributed by atoms with Crippen molar-refractivity contribution >= 4 is 5.91 Å². The zero-order chi connectivity index (χ0) is 10.1. The first-order valence-electron chi connectivity index (χ1n) is 4.16. The van der Waals surface area contributed by atoms with Crippen molar-refractivity contribution in [3.8, 4) is 0 Å². The van der Waals surface area contributed by atoms with Crippen molar-refractivity contribution in [1.82, 2.24) is 5.06 Å². The van der Waals surface area contributed by atoms with Crippen LogP contribution in [0.5, 0.6) is 0 Å². The maximum absolute atomic E-state index is 12.7. The fourth-order valence-corrected chi connectivity index (χ4v) is 1.51. The van der Waals surface area contributed by atoms with Crippen molar-refractivity contribution in [3.05, 3.63) is 0 Å². The molecule has 0 radical (unpaired) electrons. The number of halogens is 2. The van der Waals surface area contributed by atoms with E-state index in [9.17, 15) is 13.6 Å². The van der Waals surface area contributed by atoms with E-state index in [0.717, 1.165) is 5.06 Å². The van der Waals surface area contributed by atoms with Crippen LogP contribution in [0.2, 0.25) is 0 Å². The summed E-state index contributed by atoms with van der Waals surface area (Å²) in [5, 5.41) is 1.01. The van der Waals surface area contributed by atoms with Crippen molar-refractivity contribution in [2.24, 2.45) is 5.92 Å². The van der Waals surface area contributed by atoms with Gasteiger partial charge in [-0.25, -0.2) is 13.8 Å². The maximum atomic E-state index is 12.7. The highest BCUT2D eigenvalue weighted by Crippen LogP contribution is 2.39. The molecule has 0 aromatic carbocycles. The van der Waals surface area contributed by atoms with Gasteiger partial charge in [-0.1, -0.05) is 0 Å². The molecular formula is C8H13F2NO2. The summed E-state index contributed by atoms with van der Waals surface area (Å²) in [6, 6.07) is 0. The molecule has 0 N–H and O–H groups in total. The number of carbonyl (C=O) groups excluding carboxylic acids is 1. The predicted molar refractivity (Wildman–Crippen MR) is 42.1 cm³/mol. The lowest BCUT2D eigenvalue weighted by atomic mass is 10.1. The van der Waals surface area contributed by atoms with E-state index in [-0.39, 0.29) is 25.2 Å². The van der Waals surface area contributed by atoms with E-state index in [4.69, 9.17) is 0 Å². The molecule has 5 heteroatoms. The van der Waals surface area contributed by atoms with Gasteiger partial charge in [0.05, 0.1) is 7.11 Å². The van der Waals surface area contributed by atoms with Crippen LogP contribution in [0, 0.1) is 5.92 Å². The van der Waals surface area contributed by atoms with Crippen LogP contribution in [0.15, 0.2) is 0 Å². The maximum Gasteiger partial charge on any atom is 0.249 e. The number of amides is 1. The summed E-state index contributed by atoms with van der Waals surface area (Å²) in [6.07, 6.45) is -0.292. The van der Waals surface area contributed by atoms with Gasteiger partial charge in [-0.15, -0.1) is 0 Å². The summed E-state index contributed by atoms with van der Waals surface area (Å²) < 4.78 is 25.4. The average molecular weight is 193 g/mol. The second-order valence-corrected chi connectivity index (χ2v) is 3.31. The quantitative estimate of drug-likeness (QED) is 0.621. The van der Waals surface area contributed by atoms with E-state index < -0.39 is 11.8 Å². The van der Waals surface area contributed by atoms with Gasteiger partial charge in [-0.05, 0) is 6.42 Å². The van der Waals surface area contributed by atoms with Gasteiger partial charge >= 0.3 is 0 Å². The molecule has 0 spiro atoms. The molecule has 0 aromatic rings. The summed E-state index contributed by atoms with van der Waals surface area (Å²) in [5.74, 6) is -3.62. The van der Waals surface area contributed by atoms with E-state index in [2.05, 4.69) is 4.84 Å². The Morgan fingerprint density at radius 2 is 2.23 bits per heavy atom. The molecule has 1 fully saturated rings. The fraction of sp³-hybridized carbons (Fsp3) is 0.875. The van der Waals surface area contributed by atoms with Crippen LogP contribution in [0.3, 0.4) is 0 Å². The first-order chi connectivity index (χ1) is 5.96. The largest absolute Gasteiger partial charge is 0.275 e. The summed E-state index contributed by atoms with van der Waals surface area (Å²) in [5.41, 5.74) is 0. The third-order valence-corrected chi connectivity index (χ3v) is 2.34. The number of rotatable bonds is 2. The third kappa shape index (κ3) is 2.37. The molecule has 0 unspecified atom stereocenters. The van der Waals surface area contributed by atoms with Crippen LogP contribution in [0.4, 0.5) is 8.78 Å². The van der Waals surface area contributed by atoms with E-state index in [0.29, 0.717) is 0 Å². The molecule has 0 bridgehead atoms. The topological polar surface area (TPSA) is 29.5 Å². The minimum atomic E-state index is -2.67. The van der Waals surface area contributed by atoms with Crippen molar-refractivity contribution in [2.75, 3.05) is 14.2 Å². The highest BCUT2D eigenvalue weighted by molar-refractivity contribution is 5.78. The summed E-state index contributed by atoms with van der Waals surface area (Å²) in [6.45, 7) is 0. The van der Waals surface area contributed by atoms with Gasteiger partial charge in [0.1, 0.15) is 0 Å². The summed E-state index contributed by atoms with van der Waals surface area (Å²) in [7, 11) is 2.77. The first kappa shape index (κ1) is 10.4. The third-order valence-electron chi connectivity index (χ3n) is 2.34. The number of hydroxylamine groups is 2. The molecule has 1 atom stereocenters. The Bertz CT molecular complexity index is 208. The zero-order valence-electron chi connectivity index (χ0n) is 7.72. The second kappa shape index (κ2) is 3.57. The molecule has 0 saturated heterocycles. The smallest absolute Gasteiger partial charge is 0.249 e. The average Bonchev–Trinajstić information content (AvgIpc) is 2.43. The SMILES string of the molecule is CON(C)C(=O)[C@@H]1CCC(F)(F)C1. The van der Waals surface area contributed by atoms with Gasteiger partial charge in [-0.2, -0.15) is 0 Å². The van der Waals surface area contributed by atoms with Crippen molar-refractivity contribution in [2.45, 2.75) is 25.2 Å². The van der Waals surface area contributed by atoms with Crippen molar-refractivity contribution in [3.63, 3.8) is 0 Å². The molecule has 1 amide bonds. The predicted octanol–water partition coefficient (Wildman–Crippen LogP) is 1.44. The molecule has 1 rings (SSSR count). The minimum Gasteiger partial charge on any atom is -0.275 e. The standard InChI is InChI=1S/C8H13F2NO2/c1-11(13-2)7(12)6-3-4-8(9,10)5-6/h6H,3-5H2,1-2H3/t6-/m1/s1. The van der Waals surface area contributed by atoms with E-state index in [1.165, 1.54) is 14.2 Å². The monoisotopic (exact) mass is 193 g/mol. The highest BCUT2D eigenvalue weighted by Gasteiger charge is 2.43. The number of nitrogens with zero attached hydrogens (tertiary/aromatic N) is 1. The highest BCUT2D eigenvalue weighted by atomic mass is 19.3. The van der Waals surface area contributed by atoms with Crippen LogP contribution in [-0.2, 0) is 9.63 Å². The van der Waals surface area contributed by atoms with Gasteiger partial charge in [0.25, 0.3) is 0 Å². The minimum absolute atomic E-state index is 0.193. The summed E-state index contributed by atoms with van der Waals surface area (Å²) in [4.78, 5) is 16.0. The Morgan fingerprint density at radius 3 is 2.62 bits per heavy atom. The van der Waals surface area contributed by atoms with Crippen LogP contribution < -0.4 is 0 Å². The molecule has 1 aliphatic carbocycles. The number of carbonyl (C=O) groups is 1. The van der Waals surface area contributed by atoms with Crippen LogP contribution >= 0.6 is 0 Å². The fourth-order valence-electron chi connectivity index (χ4n) is 1.51. The molecule has 1 saturated carbocycles. The van der Waals surface area contributed by atoms with Gasteiger partial charge in [-0.3, -0.25) is 9.63 Å². The van der Waals surface area contributed by atoms with Gasteiger partial charge in [0, 0.05) is 25.8 Å². The Kier molecular flexibility index (Phi) is 2.85. The van der Waals surface area contributed by atoms with Gasteiger partial charge in [0.15, 0.2) is 0 Å². The Morgan fingerprint density at radius 1 is 1.62 bits per heavy atom. The first-order valence-corrected chi connectivity index (χ1v) is 4.16. The Hall–Kier alpha value is -0.710. The molecule has 76 valence electrons. The number of hydrogen-bond donors (Lipinski definition) is 0. The van der Waals surface area contributed by atoms with Crippen LogP contribution in [0.25, 0.3) is 0 Å². The normalized spacial score (nSPS) is 26.0. The van der Waals surface area contributed by atoms with Crippen LogP contribution in [-0.4, -0.2) is 31.1 Å². The summed E-state index contributed by atoms with van der Waals surface area (Å²) >= 11 is 0. The molecule has 0 aromatic heterocycles. The van der Waals surface area contributed by atoms with Crippen molar-refractivity contribution < 1.29 is 18.4 Å². The van der Waals surface area contributed by atoms with E-state index in [1.54, 1.807) is 0 Å². The molecule has 0 aliphatic heterocycles. The molecule has 0 heterocycles. The number of hydrogen-bond acceptors (Lipinski definition) is 2. The van der Waals surface area contributed by atoms with Gasteiger partial charge < -0.3 is 0 Å². The Balaban J connectivity index is 2.51. The molecule has 13 heavy (non-hydrogen) atoms. The van der Waals surface area contributed by atoms with E-state index in [1.807, 2.05) is 0 Å². The molecular weight excluding hydrogens is 180 g/mol. The van der Waals surface area contributed by atoms with Crippen molar-refractivity contribution in [1.29, 1.82) is 0 Å². The van der Waals surface area contributed by atoms with E-state index >= 15 is 0 Å². The number of alkyl halides is 2. The van der Waals surface area contributed by atoms with Crippen LogP contribution in [0.1, 0.15) is 19.3 Å². The molecule has 1 aliphatic rings. The molecule has 3 nitrogen and oxygen atoms in total. The zero-order valence-corrected chi connectivity index (χ0v) is 7.72. The van der Waals surface area contributed by atoms with Gasteiger partial charge in [0.2, 0.25) is 11.8 Å². The Labute approximate surface area is 75.6 Å². The lowest BCUT2D eigenvalue weighted by Crippen LogP contribution is -2.31. The second-order valence-electron chi connectivity index (χ2n) is 3.31. The lowest BCUT2D eigenvalue weighted by molar-refractivity contribution is -0.174. The lowest BCUT2D eigenvalue weighted by Gasteiger charge is -2.17.